The van der Waals surface area contributed by atoms with Gasteiger partial charge in [0.15, 0.2) is 0 Å². The number of benzene rings is 4. The number of hydrogen-bond donors (Lipinski definition) is 0. The fourth-order valence-corrected chi connectivity index (χ4v) is 3.56. The van der Waals surface area contributed by atoms with Crippen molar-refractivity contribution in [2.75, 3.05) is 0 Å². The van der Waals surface area contributed by atoms with Crippen molar-refractivity contribution in [3.8, 4) is 36.2 Å². The summed E-state index contributed by atoms with van der Waals surface area (Å²) in [5.74, 6) is 7.05. The Hall–Kier alpha value is -4.20. The highest BCUT2D eigenvalue weighted by atomic mass is 16.5. The molecule has 0 unspecified atom stereocenters. The lowest BCUT2D eigenvalue weighted by molar-refractivity contribution is 0.472. The zero-order valence-corrected chi connectivity index (χ0v) is 17.2. The van der Waals surface area contributed by atoms with E-state index >= 15 is 0 Å². The van der Waals surface area contributed by atoms with Crippen molar-refractivity contribution in [3.05, 3.63) is 130 Å². The molecule has 0 aliphatic rings. The molecule has 31 heavy (non-hydrogen) atoms. The Morgan fingerprint density at radius 3 is 1.35 bits per heavy atom. The second-order valence-corrected chi connectivity index (χ2v) is 7.36. The summed E-state index contributed by atoms with van der Waals surface area (Å²) < 4.78 is 6.45. The van der Waals surface area contributed by atoms with Gasteiger partial charge >= 0.3 is 0 Å². The lowest BCUT2D eigenvalue weighted by Crippen LogP contribution is -1.98. The largest absolute Gasteiger partial charge is 0.457 e. The summed E-state index contributed by atoms with van der Waals surface area (Å²) in [7, 11) is 0. The first-order valence-electron chi connectivity index (χ1n) is 10.2. The van der Waals surface area contributed by atoms with Gasteiger partial charge in [-0.1, -0.05) is 72.5 Å². The van der Waals surface area contributed by atoms with Gasteiger partial charge in [-0.15, -0.1) is 12.8 Å². The molecule has 0 aromatic heterocycles. The van der Waals surface area contributed by atoms with Crippen LogP contribution >= 0.6 is 0 Å². The van der Waals surface area contributed by atoms with Crippen molar-refractivity contribution in [1.29, 1.82) is 0 Å². The molecule has 0 fully saturated rings. The molecule has 4 aromatic rings. The third kappa shape index (κ3) is 5.05. The van der Waals surface area contributed by atoms with Crippen LogP contribution in [0.1, 0.15) is 33.4 Å². The van der Waals surface area contributed by atoms with Gasteiger partial charge in [-0.3, -0.25) is 0 Å². The van der Waals surface area contributed by atoms with Crippen molar-refractivity contribution < 1.29 is 4.74 Å². The lowest BCUT2D eigenvalue weighted by atomic mass is 10.0. The molecule has 0 radical (unpaired) electrons. The highest BCUT2D eigenvalue weighted by molar-refractivity contribution is 5.50. The maximum absolute atomic E-state index is 6.45. The van der Waals surface area contributed by atoms with Gasteiger partial charge in [0.2, 0.25) is 0 Å². The standard InChI is InChI=1S/C30H22O/c1-3-23-15-17-29(27(19-23)21-25-11-7-5-8-12-25)31-30-18-16-24(4-2)20-28(30)22-26-13-9-6-10-14-26/h1-2,5-20H,21-22H2. The van der Waals surface area contributed by atoms with Gasteiger partial charge < -0.3 is 4.74 Å². The van der Waals surface area contributed by atoms with Crippen LogP contribution < -0.4 is 4.74 Å². The van der Waals surface area contributed by atoms with Crippen LogP contribution in [0.2, 0.25) is 0 Å². The van der Waals surface area contributed by atoms with Crippen LogP contribution in [0.5, 0.6) is 11.5 Å². The van der Waals surface area contributed by atoms with E-state index in [4.69, 9.17) is 17.6 Å². The fourth-order valence-electron chi connectivity index (χ4n) is 3.56. The fraction of sp³-hybridized carbons (Fsp3) is 0.0667. The van der Waals surface area contributed by atoms with E-state index in [1.807, 2.05) is 72.8 Å². The first-order valence-corrected chi connectivity index (χ1v) is 10.2. The third-order valence-electron chi connectivity index (χ3n) is 5.15. The Kier molecular flexibility index (Phi) is 6.18. The van der Waals surface area contributed by atoms with Crippen LogP contribution in [-0.4, -0.2) is 0 Å². The Morgan fingerprint density at radius 2 is 0.968 bits per heavy atom. The molecule has 148 valence electrons. The summed E-state index contributed by atoms with van der Waals surface area (Å²) in [5.41, 5.74) is 6.18. The predicted molar refractivity (Wildman–Crippen MR) is 127 cm³/mol. The average molecular weight is 399 g/mol. The van der Waals surface area contributed by atoms with Gasteiger partial charge in [0.25, 0.3) is 0 Å². The van der Waals surface area contributed by atoms with Gasteiger partial charge in [0, 0.05) is 35.1 Å². The van der Waals surface area contributed by atoms with Crippen molar-refractivity contribution in [2.45, 2.75) is 12.8 Å². The van der Waals surface area contributed by atoms with Crippen LogP contribution in [0.3, 0.4) is 0 Å². The molecule has 4 aromatic carbocycles. The number of ether oxygens (including phenoxy) is 1. The molecule has 0 aliphatic carbocycles. The summed E-state index contributed by atoms with van der Waals surface area (Å²) in [4.78, 5) is 0. The van der Waals surface area contributed by atoms with E-state index in [9.17, 15) is 0 Å². The molecule has 0 saturated heterocycles. The first-order chi connectivity index (χ1) is 15.2. The molecule has 0 amide bonds. The summed E-state index contributed by atoms with van der Waals surface area (Å²) in [6.07, 6.45) is 12.8. The molecule has 1 nitrogen and oxygen atoms in total. The van der Waals surface area contributed by atoms with Crippen LogP contribution in [0.15, 0.2) is 97.1 Å². The van der Waals surface area contributed by atoms with Gasteiger partial charge in [-0.05, 0) is 47.5 Å². The molecular weight excluding hydrogens is 376 g/mol. The van der Waals surface area contributed by atoms with Crippen LogP contribution in [0.25, 0.3) is 0 Å². The maximum atomic E-state index is 6.45. The van der Waals surface area contributed by atoms with Crippen molar-refractivity contribution >= 4 is 0 Å². The van der Waals surface area contributed by atoms with Crippen molar-refractivity contribution in [2.24, 2.45) is 0 Å². The minimum atomic E-state index is 0.738. The summed E-state index contributed by atoms with van der Waals surface area (Å²) in [5, 5.41) is 0. The van der Waals surface area contributed by atoms with Crippen molar-refractivity contribution in [1.82, 2.24) is 0 Å². The van der Waals surface area contributed by atoms with E-state index in [0.29, 0.717) is 0 Å². The third-order valence-corrected chi connectivity index (χ3v) is 5.15. The van der Waals surface area contributed by atoms with Gasteiger partial charge in [0.05, 0.1) is 0 Å². The smallest absolute Gasteiger partial charge is 0.131 e. The minimum Gasteiger partial charge on any atom is -0.457 e. The van der Waals surface area contributed by atoms with E-state index in [-0.39, 0.29) is 0 Å². The zero-order valence-electron chi connectivity index (χ0n) is 17.2. The van der Waals surface area contributed by atoms with E-state index in [1.54, 1.807) is 0 Å². The van der Waals surface area contributed by atoms with Crippen LogP contribution in [-0.2, 0) is 12.8 Å². The molecule has 0 spiro atoms. The molecule has 0 heterocycles. The van der Waals surface area contributed by atoms with E-state index < -0.39 is 0 Å². The molecule has 1 heteroatoms. The molecule has 0 aliphatic heterocycles. The predicted octanol–water partition coefficient (Wildman–Crippen LogP) is 6.62. The van der Waals surface area contributed by atoms with E-state index in [1.165, 1.54) is 11.1 Å². The monoisotopic (exact) mass is 398 g/mol. The Morgan fingerprint density at radius 1 is 0.548 bits per heavy atom. The second-order valence-electron chi connectivity index (χ2n) is 7.36. The van der Waals surface area contributed by atoms with Gasteiger partial charge in [-0.25, -0.2) is 0 Å². The Balaban J connectivity index is 1.70. The first kappa shape index (κ1) is 20.1. The van der Waals surface area contributed by atoms with Gasteiger partial charge in [0.1, 0.15) is 11.5 Å². The number of rotatable bonds is 6. The quantitative estimate of drug-likeness (QED) is 0.332. The average Bonchev–Trinajstić information content (AvgIpc) is 2.82. The summed E-state index contributed by atoms with van der Waals surface area (Å²) in [6.45, 7) is 0. The second kappa shape index (κ2) is 9.53. The Bertz CT molecular complexity index is 1150. The van der Waals surface area contributed by atoms with E-state index in [2.05, 4.69) is 36.1 Å². The minimum absolute atomic E-state index is 0.738. The van der Waals surface area contributed by atoms with Crippen molar-refractivity contribution in [3.63, 3.8) is 0 Å². The normalized spacial score (nSPS) is 10.1. The van der Waals surface area contributed by atoms with Gasteiger partial charge in [-0.2, -0.15) is 0 Å². The highest BCUT2D eigenvalue weighted by Gasteiger charge is 2.12. The molecule has 0 bridgehead atoms. The van der Waals surface area contributed by atoms with Crippen LogP contribution in [0, 0.1) is 24.7 Å². The molecule has 0 atom stereocenters. The Labute approximate surface area is 184 Å². The SMILES string of the molecule is C#Cc1ccc(Oc2ccc(C#C)cc2Cc2ccccc2)c(Cc2ccccc2)c1. The number of hydrogen-bond acceptors (Lipinski definition) is 1. The lowest BCUT2D eigenvalue weighted by Gasteiger charge is -2.16. The highest BCUT2D eigenvalue weighted by Crippen LogP contribution is 2.32. The summed E-state index contributed by atoms with van der Waals surface area (Å²) >= 11 is 0. The zero-order chi connectivity index (χ0) is 21.5. The molecular formula is C30H22O. The molecule has 4 rings (SSSR count). The topological polar surface area (TPSA) is 9.23 Å². The molecule has 0 saturated carbocycles. The van der Waals surface area contributed by atoms with E-state index in [0.717, 1.165) is 46.6 Å². The number of terminal acetylenes is 2. The van der Waals surface area contributed by atoms with Crippen LogP contribution in [0.4, 0.5) is 0 Å². The maximum Gasteiger partial charge on any atom is 0.131 e. The summed E-state index contributed by atoms with van der Waals surface area (Å²) in [6, 6.07) is 32.4. The molecule has 0 N–H and O–H groups in total.